The molecule has 0 fully saturated rings. The number of phenolic OH excluding ortho intramolecular Hbond substituents is 2. The van der Waals surface area contributed by atoms with E-state index in [1.54, 1.807) is 24.3 Å². The Bertz CT molecular complexity index is 500. The molecule has 0 aliphatic rings. The van der Waals surface area contributed by atoms with Gasteiger partial charge in [0.15, 0.2) is 0 Å². The zero-order valence-corrected chi connectivity index (χ0v) is 11.2. The molecule has 1 unspecified atom stereocenters. The van der Waals surface area contributed by atoms with Crippen LogP contribution in [0.25, 0.3) is 0 Å². The van der Waals surface area contributed by atoms with Crippen LogP contribution in [-0.2, 0) is 6.42 Å². The van der Waals surface area contributed by atoms with Gasteiger partial charge in [0, 0.05) is 0 Å². The van der Waals surface area contributed by atoms with Crippen molar-refractivity contribution in [3.8, 4) is 11.5 Å². The number of hydrogen-bond donors (Lipinski definition) is 2. The highest BCUT2D eigenvalue weighted by atomic mass is 16.3. The highest BCUT2D eigenvalue weighted by molar-refractivity contribution is 5.29. The average molecular weight is 256 g/mol. The maximum absolute atomic E-state index is 9.32. The van der Waals surface area contributed by atoms with Gasteiger partial charge >= 0.3 is 0 Å². The van der Waals surface area contributed by atoms with Crippen molar-refractivity contribution in [1.82, 2.24) is 0 Å². The summed E-state index contributed by atoms with van der Waals surface area (Å²) in [5, 5.41) is 18.6. The minimum Gasteiger partial charge on any atom is -0.508 e. The molecule has 0 aliphatic carbocycles. The van der Waals surface area contributed by atoms with E-state index in [9.17, 15) is 10.2 Å². The average Bonchev–Trinajstić information content (AvgIpc) is 2.43. The van der Waals surface area contributed by atoms with Gasteiger partial charge in [0.05, 0.1) is 0 Å². The third-order valence-corrected chi connectivity index (χ3v) is 3.58. The maximum atomic E-state index is 9.32. The SMILES string of the molecule is CCC(CCc1ccc(O)cc1)c1ccc(O)cc1. The van der Waals surface area contributed by atoms with E-state index in [1.807, 2.05) is 24.3 Å². The largest absolute Gasteiger partial charge is 0.508 e. The summed E-state index contributed by atoms with van der Waals surface area (Å²) < 4.78 is 0. The van der Waals surface area contributed by atoms with Crippen LogP contribution < -0.4 is 0 Å². The van der Waals surface area contributed by atoms with Gasteiger partial charge in [-0.05, 0) is 60.6 Å². The van der Waals surface area contributed by atoms with Gasteiger partial charge in [-0.1, -0.05) is 31.2 Å². The lowest BCUT2D eigenvalue weighted by Gasteiger charge is -2.15. The molecule has 2 aromatic carbocycles. The van der Waals surface area contributed by atoms with Crippen molar-refractivity contribution < 1.29 is 10.2 Å². The molecule has 2 rings (SSSR count). The first-order valence-electron chi connectivity index (χ1n) is 6.76. The molecule has 0 aliphatic heterocycles. The fourth-order valence-electron chi connectivity index (χ4n) is 2.36. The van der Waals surface area contributed by atoms with Gasteiger partial charge in [0.1, 0.15) is 11.5 Å². The third kappa shape index (κ3) is 3.75. The molecule has 0 heterocycles. The van der Waals surface area contributed by atoms with Crippen LogP contribution in [0.15, 0.2) is 48.5 Å². The first-order valence-corrected chi connectivity index (χ1v) is 6.76. The van der Waals surface area contributed by atoms with E-state index in [1.165, 1.54) is 11.1 Å². The molecule has 0 aromatic heterocycles. The van der Waals surface area contributed by atoms with E-state index >= 15 is 0 Å². The predicted octanol–water partition coefficient (Wildman–Crippen LogP) is 4.22. The van der Waals surface area contributed by atoms with Crippen LogP contribution >= 0.6 is 0 Å². The Balaban J connectivity index is 1.99. The third-order valence-electron chi connectivity index (χ3n) is 3.58. The van der Waals surface area contributed by atoms with Gasteiger partial charge in [-0.2, -0.15) is 0 Å². The summed E-state index contributed by atoms with van der Waals surface area (Å²) in [6, 6.07) is 14.9. The molecular formula is C17H20O2. The lowest BCUT2D eigenvalue weighted by Crippen LogP contribution is -1.99. The normalized spacial score (nSPS) is 12.3. The van der Waals surface area contributed by atoms with Crippen molar-refractivity contribution in [3.05, 3.63) is 59.7 Å². The molecule has 0 saturated carbocycles. The molecular weight excluding hydrogens is 236 g/mol. The van der Waals surface area contributed by atoms with E-state index in [4.69, 9.17) is 0 Å². The molecule has 2 nitrogen and oxygen atoms in total. The predicted molar refractivity (Wildman–Crippen MR) is 77.6 cm³/mol. The van der Waals surface area contributed by atoms with Crippen molar-refractivity contribution in [1.29, 1.82) is 0 Å². The van der Waals surface area contributed by atoms with E-state index < -0.39 is 0 Å². The number of phenols is 2. The number of hydrogen-bond acceptors (Lipinski definition) is 2. The zero-order chi connectivity index (χ0) is 13.7. The first kappa shape index (κ1) is 13.5. The van der Waals surface area contributed by atoms with Crippen LogP contribution in [0.1, 0.15) is 36.8 Å². The van der Waals surface area contributed by atoms with Gasteiger partial charge in [0.2, 0.25) is 0 Å². The molecule has 0 saturated heterocycles. The lowest BCUT2D eigenvalue weighted by atomic mass is 9.90. The Morgan fingerprint density at radius 3 is 1.89 bits per heavy atom. The van der Waals surface area contributed by atoms with Gasteiger partial charge in [0.25, 0.3) is 0 Å². The van der Waals surface area contributed by atoms with Gasteiger partial charge < -0.3 is 10.2 Å². The molecule has 19 heavy (non-hydrogen) atoms. The molecule has 0 spiro atoms. The van der Waals surface area contributed by atoms with Crippen LogP contribution in [0.3, 0.4) is 0 Å². The fraction of sp³-hybridized carbons (Fsp3) is 0.294. The number of rotatable bonds is 5. The monoisotopic (exact) mass is 256 g/mol. The van der Waals surface area contributed by atoms with Crippen LogP contribution in [0.5, 0.6) is 11.5 Å². The summed E-state index contributed by atoms with van der Waals surface area (Å²) in [5.74, 6) is 1.14. The van der Waals surface area contributed by atoms with Crippen molar-refractivity contribution >= 4 is 0 Å². The van der Waals surface area contributed by atoms with Crippen LogP contribution in [0.2, 0.25) is 0 Å². The van der Waals surface area contributed by atoms with Crippen LogP contribution in [-0.4, -0.2) is 10.2 Å². The standard InChI is InChI=1S/C17H20O2/c1-2-14(15-7-11-17(19)12-8-15)6-3-13-4-9-16(18)10-5-13/h4-5,7-12,14,18-19H,2-3,6H2,1H3. The molecule has 100 valence electrons. The second-order valence-corrected chi connectivity index (χ2v) is 4.90. The smallest absolute Gasteiger partial charge is 0.115 e. The van der Waals surface area contributed by atoms with Crippen molar-refractivity contribution in [3.63, 3.8) is 0 Å². The van der Waals surface area contributed by atoms with Crippen molar-refractivity contribution in [2.24, 2.45) is 0 Å². The zero-order valence-electron chi connectivity index (χ0n) is 11.2. The van der Waals surface area contributed by atoms with Gasteiger partial charge in [-0.25, -0.2) is 0 Å². The summed E-state index contributed by atoms with van der Waals surface area (Å²) in [4.78, 5) is 0. The maximum Gasteiger partial charge on any atom is 0.115 e. The highest BCUT2D eigenvalue weighted by Crippen LogP contribution is 2.26. The molecule has 0 amide bonds. The number of aryl methyl sites for hydroxylation is 1. The fourth-order valence-corrected chi connectivity index (χ4v) is 2.36. The van der Waals surface area contributed by atoms with Crippen molar-refractivity contribution in [2.45, 2.75) is 32.1 Å². The molecule has 2 heteroatoms. The summed E-state index contributed by atoms with van der Waals surface area (Å²) in [6.45, 7) is 2.19. The van der Waals surface area contributed by atoms with Crippen LogP contribution in [0.4, 0.5) is 0 Å². The highest BCUT2D eigenvalue weighted by Gasteiger charge is 2.09. The number of benzene rings is 2. The Morgan fingerprint density at radius 1 is 0.842 bits per heavy atom. The summed E-state index contributed by atoms with van der Waals surface area (Å²) in [6.07, 6.45) is 3.16. The summed E-state index contributed by atoms with van der Waals surface area (Å²) in [7, 11) is 0. The molecule has 2 aromatic rings. The Morgan fingerprint density at radius 2 is 1.37 bits per heavy atom. The second kappa shape index (κ2) is 6.28. The minimum absolute atomic E-state index is 0.314. The van der Waals surface area contributed by atoms with E-state index in [0.717, 1.165) is 19.3 Å². The van der Waals surface area contributed by atoms with E-state index in [0.29, 0.717) is 17.4 Å². The molecule has 1 atom stereocenters. The summed E-state index contributed by atoms with van der Waals surface area (Å²) >= 11 is 0. The van der Waals surface area contributed by atoms with E-state index in [-0.39, 0.29) is 0 Å². The van der Waals surface area contributed by atoms with Crippen molar-refractivity contribution in [2.75, 3.05) is 0 Å². The molecule has 0 bridgehead atoms. The topological polar surface area (TPSA) is 40.5 Å². The first-order chi connectivity index (χ1) is 9.19. The summed E-state index contributed by atoms with van der Waals surface area (Å²) in [5.41, 5.74) is 2.52. The second-order valence-electron chi connectivity index (χ2n) is 4.90. The van der Waals surface area contributed by atoms with E-state index in [2.05, 4.69) is 6.92 Å². The Hall–Kier alpha value is -1.96. The Kier molecular flexibility index (Phi) is 4.45. The lowest BCUT2D eigenvalue weighted by molar-refractivity contribution is 0.474. The molecule has 2 N–H and O–H groups in total. The number of aromatic hydroxyl groups is 2. The van der Waals surface area contributed by atoms with Crippen LogP contribution in [0, 0.1) is 0 Å². The Labute approximate surface area is 114 Å². The quantitative estimate of drug-likeness (QED) is 0.840. The van der Waals surface area contributed by atoms with Gasteiger partial charge in [-0.15, -0.1) is 0 Å². The van der Waals surface area contributed by atoms with Gasteiger partial charge in [-0.3, -0.25) is 0 Å². The molecule has 0 radical (unpaired) electrons. The minimum atomic E-state index is 0.314.